The highest BCUT2D eigenvalue weighted by molar-refractivity contribution is 5.72. The van der Waals surface area contributed by atoms with Crippen molar-refractivity contribution in [3.05, 3.63) is 35.7 Å². The average Bonchev–Trinajstić information content (AvgIpc) is 2.22. The van der Waals surface area contributed by atoms with Crippen molar-refractivity contribution in [2.45, 2.75) is 13.3 Å². The van der Waals surface area contributed by atoms with E-state index in [2.05, 4.69) is 5.32 Å². The van der Waals surface area contributed by atoms with Gasteiger partial charge in [0, 0.05) is 13.5 Å². The van der Waals surface area contributed by atoms with Gasteiger partial charge in [0.15, 0.2) is 0 Å². The maximum atomic E-state index is 12.8. The van der Waals surface area contributed by atoms with Gasteiger partial charge in [0.05, 0.1) is 5.69 Å². The predicted molar refractivity (Wildman–Crippen MR) is 63.1 cm³/mol. The fourth-order valence-electron chi connectivity index (χ4n) is 1.22. The van der Waals surface area contributed by atoms with Gasteiger partial charge in [-0.25, -0.2) is 4.39 Å². The van der Waals surface area contributed by atoms with Gasteiger partial charge in [-0.1, -0.05) is 18.2 Å². The van der Waals surface area contributed by atoms with E-state index < -0.39 is 5.82 Å². The lowest BCUT2D eigenvalue weighted by Crippen LogP contribution is -2.20. The largest absolute Gasteiger partial charge is 0.396 e. The number of nitrogens with two attached hydrogens (primary N) is 1. The summed E-state index contributed by atoms with van der Waals surface area (Å²) in [5.41, 5.74) is 6.42. The minimum Gasteiger partial charge on any atom is -0.396 e. The molecule has 0 saturated carbocycles. The Balaban J connectivity index is 2.44. The maximum Gasteiger partial charge on any atom is 0.216 e. The SMILES string of the molecule is CC(=O)NCCC=Cc1ccc(F)c(N)c1. The van der Waals surface area contributed by atoms with Crippen molar-refractivity contribution < 1.29 is 9.18 Å². The average molecular weight is 222 g/mol. The van der Waals surface area contributed by atoms with Crippen LogP contribution in [0.3, 0.4) is 0 Å². The molecule has 0 atom stereocenters. The van der Waals surface area contributed by atoms with Crippen molar-refractivity contribution in [3.63, 3.8) is 0 Å². The molecule has 0 unspecified atom stereocenters. The van der Waals surface area contributed by atoms with Crippen molar-refractivity contribution in [1.82, 2.24) is 5.32 Å². The molecule has 1 aromatic rings. The molecule has 0 fully saturated rings. The molecule has 1 amide bonds. The van der Waals surface area contributed by atoms with Gasteiger partial charge in [0.25, 0.3) is 0 Å². The van der Waals surface area contributed by atoms with Crippen LogP contribution in [0.1, 0.15) is 18.9 Å². The summed E-state index contributed by atoms with van der Waals surface area (Å²) >= 11 is 0. The van der Waals surface area contributed by atoms with Crippen LogP contribution >= 0.6 is 0 Å². The first-order valence-corrected chi connectivity index (χ1v) is 5.05. The van der Waals surface area contributed by atoms with Crippen LogP contribution in [0.25, 0.3) is 6.08 Å². The molecule has 1 rings (SSSR count). The summed E-state index contributed by atoms with van der Waals surface area (Å²) in [6, 6.07) is 4.56. The number of anilines is 1. The van der Waals surface area contributed by atoms with Gasteiger partial charge in [0.1, 0.15) is 5.82 Å². The molecule has 0 saturated heterocycles. The zero-order valence-electron chi connectivity index (χ0n) is 9.16. The van der Waals surface area contributed by atoms with Crippen LogP contribution in [-0.2, 0) is 4.79 Å². The van der Waals surface area contributed by atoms with Crippen LogP contribution in [0.15, 0.2) is 24.3 Å². The molecule has 0 aliphatic rings. The van der Waals surface area contributed by atoms with Gasteiger partial charge in [-0.3, -0.25) is 4.79 Å². The Hall–Kier alpha value is -1.84. The van der Waals surface area contributed by atoms with E-state index in [-0.39, 0.29) is 11.6 Å². The number of amides is 1. The van der Waals surface area contributed by atoms with E-state index in [0.29, 0.717) is 6.54 Å². The van der Waals surface area contributed by atoms with Gasteiger partial charge >= 0.3 is 0 Å². The van der Waals surface area contributed by atoms with Crippen LogP contribution in [0.4, 0.5) is 10.1 Å². The smallest absolute Gasteiger partial charge is 0.216 e. The Kier molecular flexibility index (Phi) is 4.51. The number of carbonyl (C=O) groups is 1. The van der Waals surface area contributed by atoms with Crippen molar-refractivity contribution in [2.75, 3.05) is 12.3 Å². The first-order valence-electron chi connectivity index (χ1n) is 5.05. The number of benzene rings is 1. The van der Waals surface area contributed by atoms with E-state index in [4.69, 9.17) is 5.73 Å². The molecule has 16 heavy (non-hydrogen) atoms. The van der Waals surface area contributed by atoms with E-state index in [1.165, 1.54) is 13.0 Å². The van der Waals surface area contributed by atoms with Crippen molar-refractivity contribution >= 4 is 17.7 Å². The molecule has 0 aromatic heterocycles. The van der Waals surface area contributed by atoms with Gasteiger partial charge in [0.2, 0.25) is 5.91 Å². The Labute approximate surface area is 94.1 Å². The summed E-state index contributed by atoms with van der Waals surface area (Å²) in [6.45, 7) is 2.08. The fraction of sp³-hybridized carbons (Fsp3) is 0.250. The summed E-state index contributed by atoms with van der Waals surface area (Å²) in [4.78, 5) is 10.6. The maximum absolute atomic E-state index is 12.8. The molecule has 0 aliphatic carbocycles. The number of halogens is 1. The van der Waals surface area contributed by atoms with Crippen LogP contribution in [0, 0.1) is 5.82 Å². The van der Waals surface area contributed by atoms with Crippen LogP contribution < -0.4 is 11.1 Å². The van der Waals surface area contributed by atoms with Gasteiger partial charge in [-0.15, -0.1) is 0 Å². The third-order valence-corrected chi connectivity index (χ3v) is 2.02. The highest BCUT2D eigenvalue weighted by Gasteiger charge is 1.96. The molecule has 0 heterocycles. The van der Waals surface area contributed by atoms with Crippen molar-refractivity contribution in [3.8, 4) is 0 Å². The predicted octanol–water partition coefficient (Wildman–Crippen LogP) is 1.95. The summed E-state index contributed by atoms with van der Waals surface area (Å²) in [5, 5.41) is 2.68. The van der Waals surface area contributed by atoms with E-state index in [9.17, 15) is 9.18 Å². The number of nitrogen functional groups attached to an aromatic ring is 1. The summed E-state index contributed by atoms with van der Waals surface area (Å²) in [6.07, 6.45) is 4.48. The standard InChI is InChI=1S/C12H15FN2O/c1-9(16)15-7-3-2-4-10-5-6-11(13)12(14)8-10/h2,4-6,8H,3,7,14H2,1H3,(H,15,16). The van der Waals surface area contributed by atoms with Gasteiger partial charge < -0.3 is 11.1 Å². The second-order valence-corrected chi connectivity index (χ2v) is 3.45. The lowest BCUT2D eigenvalue weighted by atomic mass is 10.1. The number of hydrogen-bond donors (Lipinski definition) is 2. The molecule has 3 nitrogen and oxygen atoms in total. The second-order valence-electron chi connectivity index (χ2n) is 3.45. The van der Waals surface area contributed by atoms with Crippen LogP contribution in [0.5, 0.6) is 0 Å². The molecular weight excluding hydrogens is 207 g/mol. The number of rotatable bonds is 4. The van der Waals surface area contributed by atoms with Crippen molar-refractivity contribution in [2.24, 2.45) is 0 Å². The Bertz CT molecular complexity index is 402. The normalized spacial score (nSPS) is 10.6. The highest BCUT2D eigenvalue weighted by Crippen LogP contribution is 2.13. The molecule has 0 radical (unpaired) electrons. The van der Waals surface area contributed by atoms with Crippen LogP contribution in [0.2, 0.25) is 0 Å². The van der Waals surface area contributed by atoms with E-state index in [1.54, 1.807) is 12.1 Å². The molecule has 0 aliphatic heterocycles. The fourth-order valence-corrected chi connectivity index (χ4v) is 1.22. The third-order valence-electron chi connectivity index (χ3n) is 2.02. The minimum absolute atomic E-state index is 0.0422. The Morgan fingerprint density at radius 2 is 2.31 bits per heavy atom. The Morgan fingerprint density at radius 1 is 1.56 bits per heavy atom. The van der Waals surface area contributed by atoms with Gasteiger partial charge in [-0.05, 0) is 24.1 Å². The zero-order valence-corrected chi connectivity index (χ0v) is 9.16. The topological polar surface area (TPSA) is 55.1 Å². The molecular formula is C12H15FN2O. The second kappa shape index (κ2) is 5.90. The first-order chi connectivity index (χ1) is 7.59. The van der Waals surface area contributed by atoms with E-state index in [1.807, 2.05) is 12.2 Å². The molecule has 86 valence electrons. The number of nitrogens with one attached hydrogen (secondary N) is 1. The quantitative estimate of drug-likeness (QED) is 0.604. The highest BCUT2D eigenvalue weighted by atomic mass is 19.1. The summed E-state index contributed by atoms with van der Waals surface area (Å²) in [7, 11) is 0. The lowest BCUT2D eigenvalue weighted by molar-refractivity contribution is -0.118. The number of hydrogen-bond acceptors (Lipinski definition) is 2. The zero-order chi connectivity index (χ0) is 12.0. The monoisotopic (exact) mass is 222 g/mol. The summed E-state index contributed by atoms with van der Waals surface area (Å²) < 4.78 is 12.8. The van der Waals surface area contributed by atoms with E-state index >= 15 is 0 Å². The molecule has 1 aromatic carbocycles. The lowest BCUT2D eigenvalue weighted by Gasteiger charge is -1.99. The van der Waals surface area contributed by atoms with E-state index in [0.717, 1.165) is 12.0 Å². The van der Waals surface area contributed by atoms with Crippen LogP contribution in [-0.4, -0.2) is 12.5 Å². The number of carbonyl (C=O) groups excluding carboxylic acids is 1. The van der Waals surface area contributed by atoms with Crippen molar-refractivity contribution in [1.29, 1.82) is 0 Å². The summed E-state index contributed by atoms with van der Waals surface area (Å²) in [5.74, 6) is -0.449. The molecule has 0 bridgehead atoms. The Morgan fingerprint density at radius 3 is 2.94 bits per heavy atom. The molecule has 3 N–H and O–H groups in total. The first kappa shape index (κ1) is 12.2. The third kappa shape index (κ3) is 4.13. The minimum atomic E-state index is -0.407. The molecule has 4 heteroatoms. The molecule has 0 spiro atoms. The van der Waals surface area contributed by atoms with Gasteiger partial charge in [-0.2, -0.15) is 0 Å².